The van der Waals surface area contributed by atoms with Crippen molar-refractivity contribution in [1.82, 2.24) is 0 Å². The van der Waals surface area contributed by atoms with Crippen LogP contribution in [0.15, 0.2) is 48.5 Å². The van der Waals surface area contributed by atoms with E-state index in [0.29, 0.717) is 11.8 Å². The molecule has 2 aromatic carbocycles. The molecular weight excluding hydrogens is 356 g/mol. The Bertz CT molecular complexity index is 749. The summed E-state index contributed by atoms with van der Waals surface area (Å²) in [6.07, 6.45) is 3.55. The molecule has 1 aliphatic rings. The van der Waals surface area contributed by atoms with E-state index >= 15 is 0 Å². The monoisotopic (exact) mass is 395 g/mol. The average molecular weight is 396 g/mol. The summed E-state index contributed by atoms with van der Waals surface area (Å²) in [7, 11) is 4.17. The Morgan fingerprint density at radius 2 is 1.76 bits per heavy atom. The normalized spacial score (nSPS) is 19.7. The van der Waals surface area contributed by atoms with Crippen LogP contribution in [0.1, 0.15) is 55.7 Å². The first-order valence-electron chi connectivity index (χ1n) is 11.1. The summed E-state index contributed by atoms with van der Waals surface area (Å²) >= 11 is 0. The zero-order valence-corrected chi connectivity index (χ0v) is 18.9. The zero-order chi connectivity index (χ0) is 20.9. The third-order valence-electron chi connectivity index (χ3n) is 6.32. The van der Waals surface area contributed by atoms with E-state index < -0.39 is 0 Å². The second kappa shape index (κ2) is 9.77. The van der Waals surface area contributed by atoms with Crippen molar-refractivity contribution in [3.05, 3.63) is 65.2 Å². The molecule has 1 aliphatic heterocycles. The van der Waals surface area contributed by atoms with E-state index in [1.807, 2.05) is 0 Å². The molecule has 3 heteroatoms. The molecule has 0 aromatic heterocycles. The van der Waals surface area contributed by atoms with Crippen LogP contribution in [-0.2, 0) is 11.3 Å². The molecule has 1 saturated heterocycles. The van der Waals surface area contributed by atoms with E-state index in [4.69, 9.17) is 4.74 Å². The number of aryl methyl sites for hydroxylation is 1. The van der Waals surface area contributed by atoms with Crippen molar-refractivity contribution in [3.63, 3.8) is 0 Å². The quantitative estimate of drug-likeness (QED) is 0.667. The van der Waals surface area contributed by atoms with Crippen LogP contribution < -0.4 is 10.2 Å². The Morgan fingerprint density at radius 1 is 1.07 bits per heavy atom. The third-order valence-corrected chi connectivity index (χ3v) is 6.32. The zero-order valence-electron chi connectivity index (χ0n) is 18.9. The fourth-order valence-electron chi connectivity index (χ4n) is 4.61. The second-order valence-corrected chi connectivity index (χ2v) is 9.51. The topological polar surface area (TPSA) is 29.1 Å². The van der Waals surface area contributed by atoms with Gasteiger partial charge in [0.15, 0.2) is 0 Å². The Hall–Kier alpha value is -1.84. The third kappa shape index (κ3) is 6.32. The van der Waals surface area contributed by atoms with Crippen LogP contribution >= 0.6 is 0 Å². The van der Waals surface area contributed by atoms with E-state index in [-0.39, 0.29) is 5.60 Å². The van der Waals surface area contributed by atoms with E-state index in [2.05, 4.69) is 93.6 Å². The van der Waals surface area contributed by atoms with Crippen LogP contribution in [0.4, 0.5) is 5.69 Å². The number of ether oxygens (including phenoxy) is 1. The van der Waals surface area contributed by atoms with Gasteiger partial charge in [-0.25, -0.2) is 0 Å². The van der Waals surface area contributed by atoms with Gasteiger partial charge in [-0.3, -0.25) is 0 Å². The highest BCUT2D eigenvalue weighted by Crippen LogP contribution is 2.39. The number of nitrogens with two attached hydrogens (primary N) is 1. The lowest BCUT2D eigenvalue weighted by Crippen LogP contribution is -2.82. The fourth-order valence-corrected chi connectivity index (χ4v) is 4.61. The Labute approximate surface area is 177 Å². The molecule has 0 radical (unpaired) electrons. The van der Waals surface area contributed by atoms with Crippen molar-refractivity contribution >= 4 is 5.69 Å². The Balaban J connectivity index is 1.60. The standard InChI is InChI=1S/C26H38N2O/c1-20-6-10-22(11-7-20)25(23-15-17-29-26(2,3)18-23)14-16-27-19-21-8-12-24(13-9-21)28(4)5/h6-13,23,25,27H,14-19H2,1-5H3/p+1/t23-,25-/m1/s1. The first-order valence-corrected chi connectivity index (χ1v) is 11.1. The predicted molar refractivity (Wildman–Crippen MR) is 123 cm³/mol. The predicted octanol–water partition coefficient (Wildman–Crippen LogP) is 4.50. The van der Waals surface area contributed by atoms with E-state index in [0.717, 1.165) is 26.1 Å². The smallest absolute Gasteiger partial charge is 0.101 e. The van der Waals surface area contributed by atoms with Gasteiger partial charge in [0.25, 0.3) is 0 Å². The van der Waals surface area contributed by atoms with E-state index in [1.165, 1.54) is 35.2 Å². The van der Waals surface area contributed by atoms with Gasteiger partial charge in [-0.2, -0.15) is 0 Å². The number of anilines is 1. The lowest BCUT2D eigenvalue weighted by atomic mass is 9.75. The molecular formula is C26H39N2O+. The number of hydrogen-bond acceptors (Lipinski definition) is 2. The molecule has 29 heavy (non-hydrogen) atoms. The molecule has 3 rings (SSSR count). The fraction of sp³-hybridized carbons (Fsp3) is 0.538. The van der Waals surface area contributed by atoms with Gasteiger partial charge < -0.3 is 15.0 Å². The van der Waals surface area contributed by atoms with Crippen LogP contribution in [0.2, 0.25) is 0 Å². The van der Waals surface area contributed by atoms with Gasteiger partial charge in [0.1, 0.15) is 6.54 Å². The second-order valence-electron chi connectivity index (χ2n) is 9.51. The van der Waals surface area contributed by atoms with Gasteiger partial charge in [0.05, 0.1) is 12.1 Å². The van der Waals surface area contributed by atoms with Gasteiger partial charge in [0, 0.05) is 38.4 Å². The van der Waals surface area contributed by atoms with Crippen molar-refractivity contribution in [2.24, 2.45) is 5.92 Å². The summed E-state index contributed by atoms with van der Waals surface area (Å²) in [6.45, 7) is 9.76. The summed E-state index contributed by atoms with van der Waals surface area (Å²) in [4.78, 5) is 2.15. The van der Waals surface area contributed by atoms with Crippen LogP contribution in [0.25, 0.3) is 0 Å². The number of benzene rings is 2. The molecule has 158 valence electrons. The highest BCUT2D eigenvalue weighted by atomic mass is 16.5. The Morgan fingerprint density at radius 3 is 2.38 bits per heavy atom. The number of rotatable bonds is 8. The molecule has 1 fully saturated rings. The summed E-state index contributed by atoms with van der Waals surface area (Å²) in [5.41, 5.74) is 5.50. The number of nitrogens with zero attached hydrogens (tertiary/aromatic N) is 1. The van der Waals surface area contributed by atoms with E-state index in [9.17, 15) is 0 Å². The van der Waals surface area contributed by atoms with Crippen molar-refractivity contribution in [1.29, 1.82) is 0 Å². The minimum atomic E-state index is 0.00373. The molecule has 0 saturated carbocycles. The van der Waals surface area contributed by atoms with Crippen LogP contribution in [-0.4, -0.2) is 32.8 Å². The SMILES string of the molecule is Cc1ccc([C@@H](CC[NH2+]Cc2ccc(N(C)C)cc2)[C@@H]2CCOC(C)(C)C2)cc1. The summed E-state index contributed by atoms with van der Waals surface area (Å²) in [5, 5.41) is 2.47. The van der Waals surface area contributed by atoms with Gasteiger partial charge in [-0.15, -0.1) is 0 Å². The Kier molecular flexibility index (Phi) is 7.37. The summed E-state index contributed by atoms with van der Waals surface area (Å²) in [6, 6.07) is 18.2. The summed E-state index contributed by atoms with van der Waals surface area (Å²) in [5.74, 6) is 1.32. The highest BCUT2D eigenvalue weighted by molar-refractivity contribution is 5.45. The van der Waals surface area contributed by atoms with Crippen LogP contribution in [0.5, 0.6) is 0 Å². The molecule has 0 spiro atoms. The van der Waals surface area contributed by atoms with Crippen LogP contribution in [0, 0.1) is 12.8 Å². The van der Waals surface area contributed by atoms with Gasteiger partial charge >= 0.3 is 0 Å². The molecule has 0 amide bonds. The van der Waals surface area contributed by atoms with Crippen LogP contribution in [0.3, 0.4) is 0 Å². The lowest BCUT2D eigenvalue weighted by molar-refractivity contribution is -0.671. The van der Waals surface area contributed by atoms with Crippen molar-refractivity contribution < 1.29 is 10.1 Å². The molecule has 2 N–H and O–H groups in total. The number of quaternary nitrogens is 1. The van der Waals surface area contributed by atoms with Gasteiger partial charge in [-0.1, -0.05) is 42.0 Å². The molecule has 0 aliphatic carbocycles. The minimum Gasteiger partial charge on any atom is -0.378 e. The van der Waals surface area contributed by atoms with Crippen molar-refractivity contribution in [2.75, 3.05) is 32.1 Å². The van der Waals surface area contributed by atoms with Crippen molar-refractivity contribution in [3.8, 4) is 0 Å². The van der Waals surface area contributed by atoms with E-state index in [1.54, 1.807) is 0 Å². The maximum atomic E-state index is 6.00. The lowest BCUT2D eigenvalue weighted by Gasteiger charge is -2.39. The van der Waals surface area contributed by atoms with Crippen molar-refractivity contribution in [2.45, 2.75) is 58.1 Å². The largest absolute Gasteiger partial charge is 0.378 e. The molecule has 1 heterocycles. The van der Waals surface area contributed by atoms with Gasteiger partial charge in [-0.05, 0) is 63.1 Å². The molecule has 0 unspecified atom stereocenters. The molecule has 2 aromatic rings. The van der Waals surface area contributed by atoms with Gasteiger partial charge in [0.2, 0.25) is 0 Å². The minimum absolute atomic E-state index is 0.00373. The first-order chi connectivity index (χ1) is 13.8. The maximum absolute atomic E-state index is 6.00. The average Bonchev–Trinajstić information content (AvgIpc) is 2.68. The number of hydrogen-bond donors (Lipinski definition) is 1. The summed E-state index contributed by atoms with van der Waals surface area (Å²) < 4.78 is 6.00. The molecule has 2 atom stereocenters. The highest BCUT2D eigenvalue weighted by Gasteiger charge is 2.34. The maximum Gasteiger partial charge on any atom is 0.101 e. The first kappa shape index (κ1) is 21.9. The molecule has 3 nitrogen and oxygen atoms in total. The molecule has 0 bridgehead atoms.